The fourth-order valence-electron chi connectivity index (χ4n) is 5.60. The van der Waals surface area contributed by atoms with E-state index in [0.717, 1.165) is 57.2 Å². The van der Waals surface area contributed by atoms with Gasteiger partial charge < -0.3 is 14.9 Å². The minimum absolute atomic E-state index is 0.126. The number of anilines is 6. The van der Waals surface area contributed by atoms with Gasteiger partial charge in [-0.1, -0.05) is 91.9 Å². The lowest BCUT2D eigenvalue weighted by Crippen LogP contribution is -2.10. The van der Waals surface area contributed by atoms with Gasteiger partial charge in [-0.3, -0.25) is 4.79 Å². The molecule has 4 nitrogen and oxygen atoms in total. The molecule has 0 fully saturated rings. The molecule has 0 amide bonds. The summed E-state index contributed by atoms with van der Waals surface area (Å²) in [5, 5.41) is 9.06. The molecule has 0 aliphatic heterocycles. The standard InChI is InChI=1S/C41H36N2O2/c1-2-31-13-22-37(23-14-31)42(35-9-5-3-6-10-35)39-26-18-33(19-27-39)34-20-28-40(29-21-34)43(36-11-7-4-8-12-36)38-24-15-32(16-25-38)17-30-41(44)45/h3-16,18-29H,2,17,30H2,1H3,(H,44,45). The van der Waals surface area contributed by atoms with E-state index in [1.165, 1.54) is 5.56 Å². The summed E-state index contributed by atoms with van der Waals surface area (Å²) in [5.74, 6) is -0.782. The van der Waals surface area contributed by atoms with Crippen LogP contribution in [0.2, 0.25) is 0 Å². The molecule has 0 unspecified atom stereocenters. The van der Waals surface area contributed by atoms with Gasteiger partial charge in [0.2, 0.25) is 0 Å². The van der Waals surface area contributed by atoms with Gasteiger partial charge in [0.05, 0.1) is 0 Å². The van der Waals surface area contributed by atoms with Crippen LogP contribution in [0.3, 0.4) is 0 Å². The van der Waals surface area contributed by atoms with Crippen molar-refractivity contribution in [1.29, 1.82) is 0 Å². The van der Waals surface area contributed by atoms with Crippen LogP contribution in [0.5, 0.6) is 0 Å². The zero-order chi connectivity index (χ0) is 31.0. The highest BCUT2D eigenvalue weighted by molar-refractivity contribution is 5.80. The van der Waals surface area contributed by atoms with Gasteiger partial charge in [0.15, 0.2) is 0 Å². The van der Waals surface area contributed by atoms with E-state index in [1.54, 1.807) is 0 Å². The van der Waals surface area contributed by atoms with Crippen LogP contribution in [0.1, 0.15) is 24.5 Å². The van der Waals surface area contributed by atoms with Crippen LogP contribution in [-0.4, -0.2) is 11.1 Å². The Balaban J connectivity index is 1.27. The summed E-state index contributed by atoms with van der Waals surface area (Å²) in [5.41, 5.74) is 11.1. The van der Waals surface area contributed by atoms with Gasteiger partial charge in [-0.2, -0.15) is 0 Å². The van der Waals surface area contributed by atoms with E-state index < -0.39 is 5.97 Å². The van der Waals surface area contributed by atoms with Crippen molar-refractivity contribution in [3.05, 3.63) is 169 Å². The molecule has 0 atom stereocenters. The lowest BCUT2D eigenvalue weighted by Gasteiger charge is -2.26. The maximum atomic E-state index is 11.0. The molecule has 0 aromatic heterocycles. The van der Waals surface area contributed by atoms with Crippen molar-refractivity contribution in [2.45, 2.75) is 26.2 Å². The van der Waals surface area contributed by atoms with Crippen molar-refractivity contribution >= 4 is 40.1 Å². The second kappa shape index (κ2) is 13.8. The highest BCUT2D eigenvalue weighted by Gasteiger charge is 2.15. The number of carboxylic acid groups (broad SMARTS) is 1. The first-order valence-corrected chi connectivity index (χ1v) is 15.4. The van der Waals surface area contributed by atoms with Crippen LogP contribution >= 0.6 is 0 Å². The Morgan fingerprint density at radius 1 is 0.467 bits per heavy atom. The molecule has 0 aliphatic rings. The fraction of sp³-hybridized carbons (Fsp3) is 0.0976. The van der Waals surface area contributed by atoms with Crippen molar-refractivity contribution in [3.8, 4) is 11.1 Å². The summed E-state index contributed by atoms with van der Waals surface area (Å²) in [6.07, 6.45) is 1.66. The first kappa shape index (κ1) is 29.5. The molecule has 6 rings (SSSR count). The molecule has 45 heavy (non-hydrogen) atoms. The van der Waals surface area contributed by atoms with Crippen LogP contribution in [0.15, 0.2) is 158 Å². The molecule has 0 radical (unpaired) electrons. The molecule has 4 heteroatoms. The number of para-hydroxylation sites is 2. The first-order chi connectivity index (χ1) is 22.1. The Kier molecular flexibility index (Phi) is 9.03. The van der Waals surface area contributed by atoms with E-state index in [4.69, 9.17) is 5.11 Å². The summed E-state index contributed by atoms with van der Waals surface area (Å²) in [7, 11) is 0. The van der Waals surface area contributed by atoms with Gasteiger partial charge in [-0.25, -0.2) is 0 Å². The summed E-state index contributed by atoms with van der Waals surface area (Å²) in [6.45, 7) is 2.18. The van der Waals surface area contributed by atoms with Gasteiger partial charge in [0, 0.05) is 40.5 Å². The van der Waals surface area contributed by atoms with Gasteiger partial charge >= 0.3 is 5.97 Å². The molecule has 0 saturated carbocycles. The molecular formula is C41H36N2O2. The SMILES string of the molecule is CCc1ccc(N(c2ccccc2)c2ccc(-c3ccc(N(c4ccccc4)c4ccc(CCC(=O)O)cc4)cc3)cc2)cc1. The molecule has 6 aromatic rings. The molecular weight excluding hydrogens is 552 g/mol. The van der Waals surface area contributed by atoms with Gasteiger partial charge in [-0.15, -0.1) is 0 Å². The fourth-order valence-corrected chi connectivity index (χ4v) is 5.60. The van der Waals surface area contributed by atoms with Gasteiger partial charge in [0.1, 0.15) is 0 Å². The van der Waals surface area contributed by atoms with Crippen molar-refractivity contribution in [2.75, 3.05) is 9.80 Å². The average molecular weight is 589 g/mol. The lowest BCUT2D eigenvalue weighted by atomic mass is 10.0. The van der Waals surface area contributed by atoms with Crippen LogP contribution in [0.4, 0.5) is 34.1 Å². The predicted octanol–water partition coefficient (Wildman–Crippen LogP) is 10.9. The average Bonchev–Trinajstić information content (AvgIpc) is 3.10. The van der Waals surface area contributed by atoms with E-state index >= 15 is 0 Å². The third-order valence-electron chi connectivity index (χ3n) is 8.04. The second-order valence-corrected chi connectivity index (χ2v) is 11.0. The van der Waals surface area contributed by atoms with Crippen LogP contribution in [0.25, 0.3) is 11.1 Å². The first-order valence-electron chi connectivity index (χ1n) is 15.4. The van der Waals surface area contributed by atoms with Crippen molar-refractivity contribution < 1.29 is 9.90 Å². The number of hydrogen-bond donors (Lipinski definition) is 1. The highest BCUT2D eigenvalue weighted by atomic mass is 16.4. The van der Waals surface area contributed by atoms with Crippen molar-refractivity contribution in [2.24, 2.45) is 0 Å². The second-order valence-electron chi connectivity index (χ2n) is 11.0. The Bertz CT molecular complexity index is 1820. The normalized spacial score (nSPS) is 10.8. The monoisotopic (exact) mass is 588 g/mol. The Labute approximate surface area is 265 Å². The molecule has 0 spiro atoms. The number of rotatable bonds is 11. The van der Waals surface area contributed by atoms with Gasteiger partial charge in [0.25, 0.3) is 0 Å². The minimum Gasteiger partial charge on any atom is -0.481 e. The van der Waals surface area contributed by atoms with Crippen molar-refractivity contribution in [1.82, 2.24) is 0 Å². The molecule has 0 heterocycles. The lowest BCUT2D eigenvalue weighted by molar-refractivity contribution is -0.136. The molecule has 0 aliphatic carbocycles. The Morgan fingerprint density at radius 2 is 0.800 bits per heavy atom. The Morgan fingerprint density at radius 3 is 1.16 bits per heavy atom. The molecule has 1 N–H and O–H groups in total. The van der Waals surface area contributed by atoms with E-state index in [1.807, 2.05) is 36.4 Å². The van der Waals surface area contributed by atoms with E-state index in [2.05, 4.69) is 138 Å². The number of aryl methyl sites for hydroxylation is 2. The maximum absolute atomic E-state index is 11.0. The van der Waals surface area contributed by atoms with Crippen molar-refractivity contribution in [3.63, 3.8) is 0 Å². The maximum Gasteiger partial charge on any atom is 0.303 e. The number of nitrogens with zero attached hydrogens (tertiary/aromatic N) is 2. The van der Waals surface area contributed by atoms with Gasteiger partial charge in [-0.05, 0) is 108 Å². The summed E-state index contributed by atoms with van der Waals surface area (Å²) >= 11 is 0. The van der Waals surface area contributed by atoms with Crippen LogP contribution in [0, 0.1) is 0 Å². The van der Waals surface area contributed by atoms with E-state index in [0.29, 0.717) is 6.42 Å². The Hall–Kier alpha value is -5.61. The predicted molar refractivity (Wildman–Crippen MR) is 187 cm³/mol. The highest BCUT2D eigenvalue weighted by Crippen LogP contribution is 2.38. The van der Waals surface area contributed by atoms with Crippen LogP contribution < -0.4 is 9.80 Å². The number of hydrogen-bond acceptors (Lipinski definition) is 3. The topological polar surface area (TPSA) is 43.8 Å². The molecule has 0 bridgehead atoms. The minimum atomic E-state index is -0.782. The summed E-state index contributed by atoms with van der Waals surface area (Å²) in [4.78, 5) is 15.5. The number of carboxylic acids is 1. The quantitative estimate of drug-likeness (QED) is 0.163. The van der Waals surface area contributed by atoms with E-state index in [-0.39, 0.29) is 6.42 Å². The smallest absolute Gasteiger partial charge is 0.303 e. The zero-order valence-corrected chi connectivity index (χ0v) is 25.4. The number of carbonyl (C=O) groups is 1. The zero-order valence-electron chi connectivity index (χ0n) is 25.4. The summed E-state index contributed by atoms with van der Waals surface area (Å²) < 4.78 is 0. The molecule has 6 aromatic carbocycles. The summed E-state index contributed by atoms with van der Waals surface area (Å²) in [6, 6.07) is 55.1. The molecule has 222 valence electrons. The third kappa shape index (κ3) is 6.97. The largest absolute Gasteiger partial charge is 0.481 e. The van der Waals surface area contributed by atoms with E-state index in [9.17, 15) is 4.79 Å². The molecule has 0 saturated heterocycles. The number of benzene rings is 6. The number of aliphatic carboxylic acids is 1. The van der Waals surface area contributed by atoms with Crippen LogP contribution in [-0.2, 0) is 17.6 Å². The third-order valence-corrected chi connectivity index (χ3v) is 8.04.